The summed E-state index contributed by atoms with van der Waals surface area (Å²) in [6.07, 6.45) is 0. The zero-order valence-electron chi connectivity index (χ0n) is 16.0. The molecule has 0 N–H and O–H groups in total. The van der Waals surface area contributed by atoms with E-state index in [9.17, 15) is 0 Å². The summed E-state index contributed by atoms with van der Waals surface area (Å²) >= 11 is 0. The van der Waals surface area contributed by atoms with E-state index in [2.05, 4.69) is 72.8 Å². The lowest BCUT2D eigenvalue weighted by Gasteiger charge is -2.13. The van der Waals surface area contributed by atoms with Crippen molar-refractivity contribution in [1.82, 2.24) is 0 Å². The molecular weight excluding hydrogens is 384 g/mol. The van der Waals surface area contributed by atoms with Gasteiger partial charge in [0, 0.05) is 20.6 Å². The SMILES string of the molecule is CCOc1ccc(SSc2ccc(OCC)c3ccccc23)c2ccccc12. The second kappa shape index (κ2) is 8.80. The van der Waals surface area contributed by atoms with Crippen LogP contribution in [0.25, 0.3) is 21.5 Å². The van der Waals surface area contributed by atoms with Gasteiger partial charge in [-0.25, -0.2) is 0 Å². The molecule has 0 aliphatic rings. The molecule has 2 nitrogen and oxygen atoms in total. The molecule has 0 amide bonds. The molecule has 4 aromatic rings. The van der Waals surface area contributed by atoms with Gasteiger partial charge < -0.3 is 9.47 Å². The summed E-state index contributed by atoms with van der Waals surface area (Å²) in [6, 6.07) is 25.3. The fourth-order valence-electron chi connectivity index (χ4n) is 3.29. The molecule has 0 saturated carbocycles. The van der Waals surface area contributed by atoms with Crippen LogP contribution in [0.5, 0.6) is 11.5 Å². The lowest BCUT2D eigenvalue weighted by molar-refractivity contribution is 0.344. The third-order valence-electron chi connectivity index (χ3n) is 4.51. The van der Waals surface area contributed by atoms with Crippen molar-refractivity contribution in [3.63, 3.8) is 0 Å². The highest BCUT2D eigenvalue weighted by atomic mass is 33.1. The molecule has 0 aromatic heterocycles. The highest BCUT2D eigenvalue weighted by Crippen LogP contribution is 2.45. The maximum atomic E-state index is 5.80. The fraction of sp³-hybridized carbons (Fsp3) is 0.167. The van der Waals surface area contributed by atoms with Crippen LogP contribution in [0.2, 0.25) is 0 Å². The van der Waals surface area contributed by atoms with Crippen molar-refractivity contribution in [3.8, 4) is 11.5 Å². The molecule has 142 valence electrons. The van der Waals surface area contributed by atoms with Gasteiger partial charge in [0.15, 0.2) is 0 Å². The van der Waals surface area contributed by atoms with Gasteiger partial charge in [-0.3, -0.25) is 0 Å². The first kappa shape index (κ1) is 19.0. The summed E-state index contributed by atoms with van der Waals surface area (Å²) in [5.74, 6) is 1.89. The third kappa shape index (κ3) is 3.80. The van der Waals surface area contributed by atoms with Crippen LogP contribution in [0, 0.1) is 0 Å². The van der Waals surface area contributed by atoms with Crippen LogP contribution < -0.4 is 9.47 Å². The van der Waals surface area contributed by atoms with Crippen LogP contribution in [-0.2, 0) is 0 Å². The highest BCUT2D eigenvalue weighted by molar-refractivity contribution is 8.76. The number of hydrogen-bond donors (Lipinski definition) is 0. The predicted molar refractivity (Wildman–Crippen MR) is 122 cm³/mol. The summed E-state index contributed by atoms with van der Waals surface area (Å²) in [7, 11) is 3.57. The van der Waals surface area contributed by atoms with Crippen molar-refractivity contribution >= 4 is 43.1 Å². The van der Waals surface area contributed by atoms with Crippen LogP contribution >= 0.6 is 21.6 Å². The normalized spacial score (nSPS) is 11.1. The van der Waals surface area contributed by atoms with Gasteiger partial charge in [-0.1, -0.05) is 70.1 Å². The quantitative estimate of drug-likeness (QED) is 0.294. The van der Waals surface area contributed by atoms with Gasteiger partial charge >= 0.3 is 0 Å². The Labute approximate surface area is 173 Å². The maximum Gasteiger partial charge on any atom is 0.127 e. The average molecular weight is 407 g/mol. The third-order valence-corrected chi connectivity index (χ3v) is 6.99. The zero-order chi connectivity index (χ0) is 19.3. The minimum Gasteiger partial charge on any atom is -0.493 e. The first-order valence-electron chi connectivity index (χ1n) is 9.45. The van der Waals surface area contributed by atoms with Gasteiger partial charge in [-0.05, 0) is 48.9 Å². The van der Waals surface area contributed by atoms with E-state index in [1.54, 1.807) is 21.6 Å². The van der Waals surface area contributed by atoms with Gasteiger partial charge in [0.25, 0.3) is 0 Å². The van der Waals surface area contributed by atoms with E-state index in [1.807, 2.05) is 13.8 Å². The zero-order valence-corrected chi connectivity index (χ0v) is 17.6. The van der Waals surface area contributed by atoms with E-state index < -0.39 is 0 Å². The largest absolute Gasteiger partial charge is 0.493 e. The number of ether oxygens (including phenoxy) is 2. The number of hydrogen-bond acceptors (Lipinski definition) is 4. The second-order valence-electron chi connectivity index (χ2n) is 6.25. The fourth-order valence-corrected chi connectivity index (χ4v) is 5.66. The minimum absolute atomic E-state index is 0.670. The first-order chi connectivity index (χ1) is 13.8. The Morgan fingerprint density at radius 1 is 0.536 bits per heavy atom. The molecule has 0 atom stereocenters. The van der Waals surface area contributed by atoms with Gasteiger partial charge in [0.2, 0.25) is 0 Å². The molecule has 28 heavy (non-hydrogen) atoms. The molecular formula is C24H22O2S2. The van der Waals surface area contributed by atoms with Crippen LogP contribution in [0.15, 0.2) is 82.6 Å². The molecule has 0 unspecified atom stereocenters. The van der Waals surface area contributed by atoms with E-state index in [0.29, 0.717) is 13.2 Å². The van der Waals surface area contributed by atoms with E-state index in [4.69, 9.17) is 9.47 Å². The van der Waals surface area contributed by atoms with Gasteiger partial charge in [-0.2, -0.15) is 0 Å². The van der Waals surface area contributed by atoms with E-state index in [1.165, 1.54) is 20.6 Å². The Bertz CT molecular complexity index is 1020. The topological polar surface area (TPSA) is 18.5 Å². The molecule has 0 aliphatic heterocycles. The Hall–Kier alpha value is -2.30. The average Bonchev–Trinajstić information content (AvgIpc) is 2.74. The predicted octanol–water partition coefficient (Wildman–Crippen LogP) is 7.59. The Morgan fingerprint density at radius 3 is 1.32 bits per heavy atom. The molecule has 0 saturated heterocycles. The van der Waals surface area contributed by atoms with Crippen molar-refractivity contribution in [2.24, 2.45) is 0 Å². The molecule has 0 spiro atoms. The number of fused-ring (bicyclic) bond motifs is 2. The first-order valence-corrected chi connectivity index (χ1v) is 11.6. The van der Waals surface area contributed by atoms with Gasteiger partial charge in [0.1, 0.15) is 11.5 Å². The Balaban J connectivity index is 1.67. The molecule has 0 heterocycles. The number of benzene rings is 4. The molecule has 0 bridgehead atoms. The molecule has 4 heteroatoms. The molecule has 4 aromatic carbocycles. The summed E-state index contributed by atoms with van der Waals surface area (Å²) in [4.78, 5) is 2.48. The van der Waals surface area contributed by atoms with Crippen LogP contribution in [-0.4, -0.2) is 13.2 Å². The Kier molecular flexibility index (Phi) is 5.98. The lowest BCUT2D eigenvalue weighted by atomic mass is 10.1. The molecule has 0 fully saturated rings. The standard InChI is InChI=1S/C24H22O2S2/c1-3-25-21-13-15-23(19-11-7-5-9-17(19)21)27-28-24-16-14-22(26-4-2)18-10-6-8-12-20(18)24/h5-16H,3-4H2,1-2H3. The number of rotatable bonds is 7. The van der Waals surface area contributed by atoms with E-state index in [-0.39, 0.29) is 0 Å². The van der Waals surface area contributed by atoms with Crippen LogP contribution in [0.4, 0.5) is 0 Å². The van der Waals surface area contributed by atoms with Gasteiger partial charge in [-0.15, -0.1) is 0 Å². The van der Waals surface area contributed by atoms with Crippen molar-refractivity contribution in [3.05, 3.63) is 72.8 Å². The summed E-state index contributed by atoms with van der Waals surface area (Å²) in [5.41, 5.74) is 0. The van der Waals surface area contributed by atoms with E-state index in [0.717, 1.165) is 22.3 Å². The van der Waals surface area contributed by atoms with Crippen LogP contribution in [0.3, 0.4) is 0 Å². The smallest absolute Gasteiger partial charge is 0.127 e. The summed E-state index contributed by atoms with van der Waals surface area (Å²) in [6.45, 7) is 5.38. The minimum atomic E-state index is 0.670. The Morgan fingerprint density at radius 2 is 0.929 bits per heavy atom. The lowest BCUT2D eigenvalue weighted by Crippen LogP contribution is -1.93. The van der Waals surface area contributed by atoms with Crippen molar-refractivity contribution in [2.45, 2.75) is 23.6 Å². The van der Waals surface area contributed by atoms with E-state index >= 15 is 0 Å². The summed E-state index contributed by atoms with van der Waals surface area (Å²) in [5, 5.41) is 4.76. The monoisotopic (exact) mass is 406 g/mol. The van der Waals surface area contributed by atoms with Crippen LogP contribution in [0.1, 0.15) is 13.8 Å². The van der Waals surface area contributed by atoms with Crippen molar-refractivity contribution in [1.29, 1.82) is 0 Å². The van der Waals surface area contributed by atoms with Crippen molar-refractivity contribution < 1.29 is 9.47 Å². The maximum absolute atomic E-state index is 5.80. The molecule has 0 aliphatic carbocycles. The molecule has 0 radical (unpaired) electrons. The van der Waals surface area contributed by atoms with Gasteiger partial charge in [0.05, 0.1) is 13.2 Å². The highest BCUT2D eigenvalue weighted by Gasteiger charge is 2.11. The second-order valence-corrected chi connectivity index (χ2v) is 8.46. The summed E-state index contributed by atoms with van der Waals surface area (Å²) < 4.78 is 11.6. The molecule has 4 rings (SSSR count). The van der Waals surface area contributed by atoms with Crippen molar-refractivity contribution in [2.75, 3.05) is 13.2 Å².